The van der Waals surface area contributed by atoms with Crippen LogP contribution in [0.3, 0.4) is 0 Å². The summed E-state index contributed by atoms with van der Waals surface area (Å²) >= 11 is 1.56. The maximum Gasteiger partial charge on any atom is 0.251 e. The second-order valence-electron chi connectivity index (χ2n) is 6.62. The Morgan fingerprint density at radius 2 is 1.97 bits per heavy atom. The highest BCUT2D eigenvalue weighted by atomic mass is 32.2. The lowest BCUT2D eigenvalue weighted by atomic mass is 10.2. The molecule has 2 aromatic heterocycles. The number of nitrogens with one attached hydrogen (secondary N) is 1. The van der Waals surface area contributed by atoms with Gasteiger partial charge in [-0.15, -0.1) is 0 Å². The number of ether oxygens (including phenoxy) is 1. The van der Waals surface area contributed by atoms with E-state index >= 15 is 0 Å². The van der Waals surface area contributed by atoms with Gasteiger partial charge in [0.15, 0.2) is 5.16 Å². The number of aromatic nitrogens is 3. The van der Waals surface area contributed by atoms with Gasteiger partial charge >= 0.3 is 0 Å². The lowest BCUT2D eigenvalue weighted by Crippen LogP contribution is -2.25. The Morgan fingerprint density at radius 3 is 2.87 bits per heavy atom. The molecule has 152 valence electrons. The standard InChI is InChI=1S/C23H22N4O2S/c1-30-23-26-13-14-27(23)19-9-2-7-18(16-19)22(28)25-12-5-15-29-20-10-3-6-17-8-4-11-24-21(17)20/h2-4,6-11,13-14,16H,5,12,15H2,1H3,(H,25,28). The van der Waals surface area contributed by atoms with Crippen LogP contribution < -0.4 is 10.1 Å². The first kappa shape index (κ1) is 20.0. The number of rotatable bonds is 8. The summed E-state index contributed by atoms with van der Waals surface area (Å²) in [4.78, 5) is 21.2. The van der Waals surface area contributed by atoms with Crippen LogP contribution >= 0.6 is 11.8 Å². The monoisotopic (exact) mass is 418 g/mol. The van der Waals surface area contributed by atoms with E-state index < -0.39 is 0 Å². The molecule has 0 fully saturated rings. The average molecular weight is 419 g/mol. The number of benzene rings is 2. The van der Waals surface area contributed by atoms with Crippen LogP contribution in [0.2, 0.25) is 0 Å². The molecule has 0 aliphatic carbocycles. The van der Waals surface area contributed by atoms with Crippen LogP contribution in [0, 0.1) is 0 Å². The molecule has 0 aliphatic rings. The van der Waals surface area contributed by atoms with E-state index in [0.29, 0.717) is 25.1 Å². The largest absolute Gasteiger partial charge is 0.491 e. The summed E-state index contributed by atoms with van der Waals surface area (Å²) in [7, 11) is 0. The number of carbonyl (C=O) groups excluding carboxylic acids is 1. The van der Waals surface area contributed by atoms with Gasteiger partial charge in [0.1, 0.15) is 11.3 Å². The number of amides is 1. The van der Waals surface area contributed by atoms with Crippen LogP contribution in [0.1, 0.15) is 16.8 Å². The number of carbonyl (C=O) groups is 1. The summed E-state index contributed by atoms with van der Waals surface area (Å²) in [5.74, 6) is 0.659. The van der Waals surface area contributed by atoms with Gasteiger partial charge < -0.3 is 10.1 Å². The van der Waals surface area contributed by atoms with E-state index in [4.69, 9.17) is 4.74 Å². The van der Waals surface area contributed by atoms with Crippen LogP contribution in [0.4, 0.5) is 0 Å². The van der Waals surface area contributed by atoms with Crippen LogP contribution in [0.5, 0.6) is 5.75 Å². The minimum atomic E-state index is -0.102. The molecule has 0 saturated carbocycles. The van der Waals surface area contributed by atoms with Crippen LogP contribution in [0.15, 0.2) is 78.3 Å². The van der Waals surface area contributed by atoms with E-state index in [1.807, 2.05) is 71.6 Å². The first-order chi connectivity index (χ1) is 14.8. The second kappa shape index (κ2) is 9.45. The quantitative estimate of drug-likeness (QED) is 0.340. The minimum Gasteiger partial charge on any atom is -0.491 e. The van der Waals surface area contributed by atoms with Gasteiger partial charge in [-0.1, -0.05) is 36.0 Å². The zero-order valence-electron chi connectivity index (χ0n) is 16.6. The topological polar surface area (TPSA) is 69.0 Å². The maximum absolute atomic E-state index is 12.5. The Balaban J connectivity index is 1.30. The molecule has 1 amide bonds. The molecule has 0 unspecified atom stereocenters. The van der Waals surface area contributed by atoms with Gasteiger partial charge in [0, 0.05) is 41.8 Å². The summed E-state index contributed by atoms with van der Waals surface area (Å²) in [6.45, 7) is 1.03. The molecule has 6 nitrogen and oxygen atoms in total. The third-order valence-corrected chi connectivity index (χ3v) is 5.30. The molecule has 4 rings (SSSR count). The molecule has 1 N–H and O–H groups in total. The zero-order chi connectivity index (χ0) is 20.8. The summed E-state index contributed by atoms with van der Waals surface area (Å²) in [6, 6.07) is 17.3. The normalized spacial score (nSPS) is 10.8. The molecule has 2 heterocycles. The molecule has 0 radical (unpaired) electrons. The average Bonchev–Trinajstić information content (AvgIpc) is 3.28. The molecule has 7 heteroatoms. The number of para-hydroxylation sites is 1. The fourth-order valence-corrected chi connectivity index (χ4v) is 3.71. The van der Waals surface area contributed by atoms with E-state index in [1.165, 1.54) is 0 Å². The third-order valence-electron chi connectivity index (χ3n) is 4.64. The molecule has 0 atom stereocenters. The number of imidazole rings is 1. The van der Waals surface area contributed by atoms with Crippen molar-refractivity contribution in [3.05, 3.63) is 78.8 Å². The van der Waals surface area contributed by atoms with Crippen molar-refractivity contribution < 1.29 is 9.53 Å². The Hall–Kier alpha value is -3.32. The SMILES string of the molecule is CSc1nccn1-c1cccc(C(=O)NCCCOc2cccc3cccnc23)c1. The molecule has 0 aliphatic heterocycles. The number of pyridine rings is 1. The minimum absolute atomic E-state index is 0.102. The van der Waals surface area contributed by atoms with Gasteiger partial charge in [0.25, 0.3) is 5.91 Å². The van der Waals surface area contributed by atoms with Crippen LogP contribution in [0.25, 0.3) is 16.6 Å². The van der Waals surface area contributed by atoms with E-state index in [2.05, 4.69) is 15.3 Å². The predicted molar refractivity (Wildman–Crippen MR) is 120 cm³/mol. The van der Waals surface area contributed by atoms with Crippen molar-refractivity contribution >= 4 is 28.6 Å². The van der Waals surface area contributed by atoms with Crippen molar-refractivity contribution in [1.82, 2.24) is 19.9 Å². The highest BCUT2D eigenvalue weighted by Gasteiger charge is 2.09. The summed E-state index contributed by atoms with van der Waals surface area (Å²) in [6.07, 6.45) is 8.08. The van der Waals surface area contributed by atoms with Crippen LogP contribution in [-0.4, -0.2) is 39.8 Å². The van der Waals surface area contributed by atoms with E-state index in [1.54, 1.807) is 24.2 Å². The Morgan fingerprint density at radius 1 is 1.10 bits per heavy atom. The lowest BCUT2D eigenvalue weighted by molar-refractivity contribution is 0.0951. The van der Waals surface area contributed by atoms with Crippen molar-refractivity contribution in [2.45, 2.75) is 11.6 Å². The van der Waals surface area contributed by atoms with Crippen LogP contribution in [-0.2, 0) is 0 Å². The lowest BCUT2D eigenvalue weighted by Gasteiger charge is -2.10. The van der Waals surface area contributed by atoms with Crippen molar-refractivity contribution in [3.63, 3.8) is 0 Å². The highest BCUT2D eigenvalue weighted by molar-refractivity contribution is 7.98. The number of hydrogen-bond acceptors (Lipinski definition) is 5. The summed E-state index contributed by atoms with van der Waals surface area (Å²) < 4.78 is 7.84. The third kappa shape index (κ3) is 4.46. The Labute approximate surface area is 179 Å². The summed E-state index contributed by atoms with van der Waals surface area (Å²) in [5.41, 5.74) is 2.38. The van der Waals surface area contributed by atoms with Gasteiger partial charge in [0.2, 0.25) is 0 Å². The number of nitrogens with zero attached hydrogens (tertiary/aromatic N) is 3. The van der Waals surface area contributed by atoms with Crippen molar-refractivity contribution in [2.24, 2.45) is 0 Å². The second-order valence-corrected chi connectivity index (χ2v) is 7.40. The molecule has 0 spiro atoms. The molecule has 4 aromatic rings. The van der Waals surface area contributed by atoms with Gasteiger partial charge in [-0.25, -0.2) is 4.98 Å². The van der Waals surface area contributed by atoms with Gasteiger partial charge in [-0.2, -0.15) is 0 Å². The smallest absolute Gasteiger partial charge is 0.251 e. The molecule has 2 aromatic carbocycles. The first-order valence-electron chi connectivity index (χ1n) is 9.69. The van der Waals surface area contributed by atoms with Crippen molar-refractivity contribution in [3.8, 4) is 11.4 Å². The van der Waals surface area contributed by atoms with E-state index in [0.717, 1.165) is 27.5 Å². The fraction of sp³-hybridized carbons (Fsp3) is 0.174. The molecule has 0 bridgehead atoms. The maximum atomic E-state index is 12.5. The Bertz CT molecular complexity index is 1150. The molecule has 30 heavy (non-hydrogen) atoms. The van der Waals surface area contributed by atoms with Gasteiger partial charge in [0.05, 0.1) is 6.61 Å². The first-order valence-corrected chi connectivity index (χ1v) is 10.9. The van der Waals surface area contributed by atoms with Crippen molar-refractivity contribution in [1.29, 1.82) is 0 Å². The van der Waals surface area contributed by atoms with Gasteiger partial charge in [-0.3, -0.25) is 14.3 Å². The van der Waals surface area contributed by atoms with Crippen molar-refractivity contribution in [2.75, 3.05) is 19.4 Å². The molecule has 0 saturated heterocycles. The fourth-order valence-electron chi connectivity index (χ4n) is 3.19. The van der Waals surface area contributed by atoms with E-state index in [9.17, 15) is 4.79 Å². The number of thioether (sulfide) groups is 1. The Kier molecular flexibility index (Phi) is 6.29. The summed E-state index contributed by atoms with van der Waals surface area (Å²) in [5, 5.41) is 4.89. The highest BCUT2D eigenvalue weighted by Crippen LogP contribution is 2.23. The number of hydrogen-bond donors (Lipinski definition) is 1. The van der Waals surface area contributed by atoms with Gasteiger partial charge in [-0.05, 0) is 43.0 Å². The number of fused-ring (bicyclic) bond motifs is 1. The zero-order valence-corrected chi connectivity index (χ0v) is 17.4. The predicted octanol–water partition coefficient (Wildman–Crippen LogP) is 4.34. The molecular weight excluding hydrogens is 396 g/mol. The van der Waals surface area contributed by atoms with E-state index in [-0.39, 0.29) is 5.91 Å². The molecular formula is C23H22N4O2S.